The van der Waals surface area contributed by atoms with E-state index in [1.54, 1.807) is 7.11 Å². The van der Waals surface area contributed by atoms with Crippen LogP contribution >= 0.6 is 12.4 Å². The van der Waals surface area contributed by atoms with Crippen molar-refractivity contribution in [2.45, 2.75) is 20.4 Å². The Morgan fingerprint density at radius 1 is 1.27 bits per heavy atom. The lowest BCUT2D eigenvalue weighted by atomic mass is 9.93. The second-order valence-corrected chi connectivity index (χ2v) is 6.48. The Morgan fingerprint density at radius 3 is 2.45 bits per heavy atom. The molecule has 1 aromatic heterocycles. The predicted molar refractivity (Wildman–Crippen MR) is 95.8 cm³/mol. The minimum atomic E-state index is 0. The average molecular weight is 331 g/mol. The number of rotatable bonds is 9. The number of likely N-dealkylation sites (N-methyl/N-ethyl adjacent to an activating group) is 1. The summed E-state index contributed by atoms with van der Waals surface area (Å²) in [5.41, 5.74) is 7.14. The maximum absolute atomic E-state index is 5.79. The molecule has 22 heavy (non-hydrogen) atoms. The van der Waals surface area contributed by atoms with Crippen LogP contribution in [0.15, 0.2) is 18.3 Å². The first-order chi connectivity index (χ1) is 9.88. The zero-order valence-electron chi connectivity index (χ0n) is 14.5. The number of halogens is 1. The molecule has 0 aliphatic rings. The molecule has 0 fully saturated rings. The molecule has 1 rings (SSSR count). The fourth-order valence-electron chi connectivity index (χ4n) is 2.24. The van der Waals surface area contributed by atoms with Gasteiger partial charge >= 0.3 is 0 Å². The summed E-state index contributed by atoms with van der Waals surface area (Å²) in [6.45, 7) is 8.48. The third kappa shape index (κ3) is 7.40. The first-order valence-corrected chi connectivity index (χ1v) is 7.41. The van der Waals surface area contributed by atoms with Crippen molar-refractivity contribution in [3.63, 3.8) is 0 Å². The maximum atomic E-state index is 5.79. The molecule has 128 valence electrons. The fraction of sp³-hybridized carbons (Fsp3) is 0.688. The standard InChI is InChI=1S/C16H30N4O.ClH/c1-16(2,12-17)13-19(3)11-14-6-7-15(18-10-14)20(4)8-9-21-5;/h6-7,10H,8-9,11-13,17H2,1-5H3;1H. The van der Waals surface area contributed by atoms with E-state index in [1.165, 1.54) is 5.56 Å². The van der Waals surface area contributed by atoms with Crippen molar-refractivity contribution in [2.24, 2.45) is 11.1 Å². The summed E-state index contributed by atoms with van der Waals surface area (Å²) >= 11 is 0. The van der Waals surface area contributed by atoms with Gasteiger partial charge in [-0.15, -0.1) is 12.4 Å². The molecule has 0 aliphatic heterocycles. The van der Waals surface area contributed by atoms with E-state index in [9.17, 15) is 0 Å². The number of hydrogen-bond donors (Lipinski definition) is 1. The first kappa shape index (κ1) is 21.1. The summed E-state index contributed by atoms with van der Waals surface area (Å²) in [6.07, 6.45) is 1.95. The molecule has 0 saturated heterocycles. The first-order valence-electron chi connectivity index (χ1n) is 7.41. The Morgan fingerprint density at radius 2 is 1.95 bits per heavy atom. The molecular formula is C16H31ClN4O. The Balaban J connectivity index is 0.00000441. The summed E-state index contributed by atoms with van der Waals surface area (Å²) in [5, 5.41) is 0. The number of pyridine rings is 1. The lowest BCUT2D eigenvalue weighted by Gasteiger charge is -2.29. The summed E-state index contributed by atoms with van der Waals surface area (Å²) in [7, 11) is 5.86. The van der Waals surface area contributed by atoms with Crippen molar-refractivity contribution in [1.82, 2.24) is 9.88 Å². The number of nitrogens with two attached hydrogens (primary N) is 1. The largest absolute Gasteiger partial charge is 0.383 e. The van der Waals surface area contributed by atoms with Crippen LogP contribution in [0.25, 0.3) is 0 Å². The van der Waals surface area contributed by atoms with E-state index in [0.717, 1.165) is 25.5 Å². The molecule has 0 radical (unpaired) electrons. The molecule has 0 aliphatic carbocycles. The van der Waals surface area contributed by atoms with Gasteiger partial charge in [-0.25, -0.2) is 4.98 Å². The molecule has 5 nitrogen and oxygen atoms in total. The number of methoxy groups -OCH3 is 1. The topological polar surface area (TPSA) is 54.6 Å². The highest BCUT2D eigenvalue weighted by atomic mass is 35.5. The van der Waals surface area contributed by atoms with Crippen molar-refractivity contribution in [3.05, 3.63) is 23.9 Å². The Kier molecular flexibility index (Phi) is 9.60. The van der Waals surface area contributed by atoms with Crippen LogP contribution in [0.2, 0.25) is 0 Å². The van der Waals surface area contributed by atoms with Crippen LogP contribution in [0.3, 0.4) is 0 Å². The molecule has 0 atom stereocenters. The molecule has 0 bridgehead atoms. The van der Waals surface area contributed by atoms with Gasteiger partial charge in [-0.05, 0) is 30.6 Å². The van der Waals surface area contributed by atoms with Crippen molar-refractivity contribution in [2.75, 3.05) is 52.3 Å². The van der Waals surface area contributed by atoms with Gasteiger partial charge in [0.05, 0.1) is 6.61 Å². The Labute approximate surface area is 141 Å². The third-order valence-corrected chi connectivity index (χ3v) is 3.53. The highest BCUT2D eigenvalue weighted by Crippen LogP contribution is 2.16. The van der Waals surface area contributed by atoms with E-state index in [-0.39, 0.29) is 17.8 Å². The lowest BCUT2D eigenvalue weighted by molar-refractivity contribution is 0.206. The quantitative estimate of drug-likeness (QED) is 0.750. The van der Waals surface area contributed by atoms with E-state index in [4.69, 9.17) is 10.5 Å². The van der Waals surface area contributed by atoms with Gasteiger partial charge in [-0.1, -0.05) is 19.9 Å². The Hall–Kier alpha value is -0.880. The average Bonchev–Trinajstić information content (AvgIpc) is 2.45. The molecule has 0 aromatic carbocycles. The second-order valence-electron chi connectivity index (χ2n) is 6.48. The van der Waals surface area contributed by atoms with Crippen LogP contribution < -0.4 is 10.6 Å². The SMILES string of the molecule is COCCN(C)c1ccc(CN(C)CC(C)(C)CN)cn1.Cl. The van der Waals surface area contributed by atoms with Gasteiger partial charge in [0.15, 0.2) is 0 Å². The summed E-state index contributed by atoms with van der Waals surface area (Å²) in [6, 6.07) is 4.20. The highest BCUT2D eigenvalue weighted by molar-refractivity contribution is 5.85. The number of hydrogen-bond acceptors (Lipinski definition) is 5. The number of aromatic nitrogens is 1. The van der Waals surface area contributed by atoms with Gasteiger partial charge in [0, 0.05) is 40.0 Å². The van der Waals surface area contributed by atoms with Gasteiger partial charge in [0.2, 0.25) is 0 Å². The van der Waals surface area contributed by atoms with Crippen LogP contribution in [-0.4, -0.2) is 57.3 Å². The molecule has 1 aromatic rings. The van der Waals surface area contributed by atoms with Crippen LogP contribution in [-0.2, 0) is 11.3 Å². The Bertz CT molecular complexity index is 411. The van der Waals surface area contributed by atoms with Gasteiger partial charge in [0.25, 0.3) is 0 Å². The fourth-order valence-corrected chi connectivity index (χ4v) is 2.24. The van der Waals surface area contributed by atoms with E-state index in [0.29, 0.717) is 13.2 Å². The van der Waals surface area contributed by atoms with E-state index < -0.39 is 0 Å². The second kappa shape index (κ2) is 10.0. The molecule has 1 heterocycles. The van der Waals surface area contributed by atoms with E-state index in [2.05, 4.69) is 47.8 Å². The normalized spacial score (nSPS) is 11.4. The predicted octanol–water partition coefficient (Wildman–Crippen LogP) is 2.00. The van der Waals surface area contributed by atoms with Crippen molar-refractivity contribution < 1.29 is 4.74 Å². The lowest BCUT2D eigenvalue weighted by Crippen LogP contribution is -2.36. The molecule has 0 spiro atoms. The van der Waals surface area contributed by atoms with E-state index >= 15 is 0 Å². The minimum absolute atomic E-state index is 0. The van der Waals surface area contributed by atoms with Gasteiger partial charge in [-0.2, -0.15) is 0 Å². The van der Waals surface area contributed by atoms with Crippen LogP contribution in [0.5, 0.6) is 0 Å². The molecule has 6 heteroatoms. The monoisotopic (exact) mass is 330 g/mol. The molecule has 0 amide bonds. The van der Waals surface area contributed by atoms with E-state index in [1.807, 2.05) is 13.2 Å². The van der Waals surface area contributed by atoms with Gasteiger partial charge in [-0.3, -0.25) is 0 Å². The zero-order chi connectivity index (χ0) is 15.9. The minimum Gasteiger partial charge on any atom is -0.383 e. The number of nitrogens with zero attached hydrogens (tertiary/aromatic N) is 3. The molecular weight excluding hydrogens is 300 g/mol. The van der Waals surface area contributed by atoms with Crippen molar-refractivity contribution in [3.8, 4) is 0 Å². The number of ether oxygens (including phenoxy) is 1. The van der Waals surface area contributed by atoms with Crippen LogP contribution in [0.4, 0.5) is 5.82 Å². The summed E-state index contributed by atoms with van der Waals surface area (Å²) in [5.74, 6) is 0.973. The number of anilines is 1. The van der Waals surface area contributed by atoms with Crippen molar-refractivity contribution >= 4 is 18.2 Å². The summed E-state index contributed by atoms with van der Waals surface area (Å²) in [4.78, 5) is 8.90. The summed E-state index contributed by atoms with van der Waals surface area (Å²) < 4.78 is 5.08. The highest BCUT2D eigenvalue weighted by Gasteiger charge is 2.18. The van der Waals surface area contributed by atoms with Crippen LogP contribution in [0.1, 0.15) is 19.4 Å². The molecule has 0 unspecified atom stereocenters. The van der Waals surface area contributed by atoms with Crippen molar-refractivity contribution in [1.29, 1.82) is 0 Å². The van der Waals surface area contributed by atoms with Gasteiger partial charge in [0.1, 0.15) is 5.82 Å². The van der Waals surface area contributed by atoms with Crippen LogP contribution in [0, 0.1) is 5.41 Å². The zero-order valence-corrected chi connectivity index (χ0v) is 15.3. The van der Waals surface area contributed by atoms with Gasteiger partial charge < -0.3 is 20.3 Å². The molecule has 2 N–H and O–H groups in total. The third-order valence-electron chi connectivity index (χ3n) is 3.53. The molecule has 0 saturated carbocycles. The smallest absolute Gasteiger partial charge is 0.128 e. The maximum Gasteiger partial charge on any atom is 0.128 e.